The lowest BCUT2D eigenvalue weighted by molar-refractivity contribution is -0.143. The summed E-state index contributed by atoms with van der Waals surface area (Å²) in [6, 6.07) is 4.36. The number of carbonyl (C=O) groups is 3. The van der Waals surface area contributed by atoms with Gasteiger partial charge in [0.2, 0.25) is 11.8 Å². The Morgan fingerprint density at radius 3 is 2.05 bits per heavy atom. The van der Waals surface area contributed by atoms with E-state index in [1.807, 2.05) is 45.9 Å². The smallest absolute Gasteiger partial charge is 0.408 e. The van der Waals surface area contributed by atoms with Gasteiger partial charge in [-0.25, -0.2) is 4.79 Å². The molecule has 3 amide bonds. The van der Waals surface area contributed by atoms with Crippen LogP contribution in [0, 0.1) is 19.8 Å². The molecule has 1 aromatic carbocycles. The number of rotatable bonds is 17. The Hall–Kier alpha value is -2.57. The van der Waals surface area contributed by atoms with Crippen LogP contribution in [0.1, 0.15) is 129 Å². The minimum Gasteiger partial charge on any atom is -0.444 e. The van der Waals surface area contributed by atoms with Crippen molar-refractivity contribution >= 4 is 17.9 Å². The lowest BCUT2D eigenvalue weighted by Crippen LogP contribution is -2.55. The van der Waals surface area contributed by atoms with Gasteiger partial charge in [-0.2, -0.15) is 0 Å². The number of carbonyl (C=O) groups excluding carboxylic acids is 3. The monoisotopic (exact) mass is 559 g/mol. The maximum absolute atomic E-state index is 14.3. The summed E-state index contributed by atoms with van der Waals surface area (Å²) in [7, 11) is 0. The molecule has 2 unspecified atom stereocenters. The van der Waals surface area contributed by atoms with Gasteiger partial charge in [-0.15, -0.1) is 0 Å². The second kappa shape index (κ2) is 18.0. The van der Waals surface area contributed by atoms with Crippen LogP contribution in [0.5, 0.6) is 0 Å². The molecule has 1 rings (SSSR count). The fourth-order valence-electron chi connectivity index (χ4n) is 4.65. The van der Waals surface area contributed by atoms with Crippen LogP contribution < -0.4 is 10.6 Å². The molecule has 0 radical (unpaired) electrons. The molecule has 40 heavy (non-hydrogen) atoms. The van der Waals surface area contributed by atoms with Crippen LogP contribution in [0.15, 0.2) is 18.2 Å². The summed E-state index contributed by atoms with van der Waals surface area (Å²) in [5.41, 5.74) is 2.30. The molecule has 228 valence electrons. The maximum Gasteiger partial charge on any atom is 0.408 e. The highest BCUT2D eigenvalue weighted by Gasteiger charge is 2.37. The highest BCUT2D eigenvalue weighted by molar-refractivity contribution is 5.92. The van der Waals surface area contributed by atoms with E-state index in [0.717, 1.165) is 61.6 Å². The van der Waals surface area contributed by atoms with Gasteiger partial charge in [0, 0.05) is 13.1 Å². The van der Waals surface area contributed by atoms with Gasteiger partial charge in [0.1, 0.15) is 17.7 Å². The van der Waals surface area contributed by atoms with Crippen LogP contribution in [0.2, 0.25) is 0 Å². The summed E-state index contributed by atoms with van der Waals surface area (Å²) < 4.78 is 5.48. The van der Waals surface area contributed by atoms with Crippen LogP contribution in [-0.4, -0.2) is 47.5 Å². The molecule has 0 saturated heterocycles. The summed E-state index contributed by atoms with van der Waals surface area (Å²) in [5.74, 6) is -0.639. The molecule has 7 heteroatoms. The normalized spacial score (nSPS) is 13.1. The topological polar surface area (TPSA) is 87.7 Å². The zero-order valence-electron chi connectivity index (χ0n) is 26.8. The molecule has 2 N–H and O–H groups in total. The SMILES string of the molecule is CCCCCCCCN(C(=O)C(NC(=O)OC(C)(C)C)C(C)C)C(C(=O)NCCCCC)c1ccc(C)c(C)c1. The number of nitrogens with zero attached hydrogens (tertiary/aromatic N) is 1. The predicted molar refractivity (Wildman–Crippen MR) is 164 cm³/mol. The van der Waals surface area contributed by atoms with Crippen LogP contribution in [0.3, 0.4) is 0 Å². The first kappa shape index (κ1) is 35.5. The quantitative estimate of drug-likeness (QED) is 0.195. The van der Waals surface area contributed by atoms with E-state index in [1.54, 1.807) is 25.7 Å². The highest BCUT2D eigenvalue weighted by atomic mass is 16.6. The van der Waals surface area contributed by atoms with Gasteiger partial charge < -0.3 is 20.3 Å². The minimum absolute atomic E-state index is 0.182. The van der Waals surface area contributed by atoms with Crippen molar-refractivity contribution in [3.8, 4) is 0 Å². The van der Waals surface area contributed by atoms with E-state index in [9.17, 15) is 14.4 Å². The molecular weight excluding hydrogens is 502 g/mol. The van der Waals surface area contributed by atoms with Gasteiger partial charge in [-0.05, 0) is 70.1 Å². The number of aryl methyl sites for hydroxylation is 2. The molecule has 0 saturated carbocycles. The summed E-state index contributed by atoms with van der Waals surface area (Å²) >= 11 is 0. The Morgan fingerprint density at radius 1 is 0.875 bits per heavy atom. The number of benzene rings is 1. The van der Waals surface area contributed by atoms with Gasteiger partial charge in [0.05, 0.1) is 0 Å². The van der Waals surface area contributed by atoms with E-state index >= 15 is 0 Å². The van der Waals surface area contributed by atoms with E-state index in [4.69, 9.17) is 4.74 Å². The second-order valence-electron chi connectivity index (χ2n) is 12.4. The lowest BCUT2D eigenvalue weighted by Gasteiger charge is -2.36. The Kier molecular flexibility index (Phi) is 15.9. The number of amides is 3. The average molecular weight is 560 g/mol. The van der Waals surface area contributed by atoms with E-state index in [-0.39, 0.29) is 17.7 Å². The number of alkyl carbamates (subject to hydrolysis) is 1. The third-order valence-electron chi connectivity index (χ3n) is 7.13. The summed E-state index contributed by atoms with van der Waals surface area (Å²) in [5, 5.41) is 5.91. The first-order valence-electron chi connectivity index (χ1n) is 15.5. The number of nitrogens with one attached hydrogen (secondary N) is 2. The predicted octanol–water partition coefficient (Wildman–Crippen LogP) is 7.39. The van der Waals surface area contributed by atoms with Gasteiger partial charge in [-0.1, -0.05) is 90.8 Å². The molecule has 2 atom stereocenters. The van der Waals surface area contributed by atoms with Gasteiger partial charge in [0.25, 0.3) is 0 Å². The maximum atomic E-state index is 14.3. The van der Waals surface area contributed by atoms with Gasteiger partial charge in [-0.3, -0.25) is 9.59 Å². The Bertz CT molecular complexity index is 923. The van der Waals surface area contributed by atoms with Crippen LogP contribution >= 0.6 is 0 Å². The van der Waals surface area contributed by atoms with Crippen molar-refractivity contribution in [1.82, 2.24) is 15.5 Å². The molecule has 0 heterocycles. The standard InChI is InChI=1S/C33H57N3O4/c1-10-12-14-15-16-18-22-36(31(38)28(24(3)4)35-32(39)40-33(7,8)9)29(30(37)34-21-17-13-11-2)27-20-19-25(5)26(6)23-27/h19-20,23-24,28-29H,10-18,21-22H2,1-9H3,(H,34,37)(H,35,39). The molecule has 0 aliphatic carbocycles. The molecule has 7 nitrogen and oxygen atoms in total. The zero-order valence-corrected chi connectivity index (χ0v) is 26.8. The Morgan fingerprint density at radius 2 is 1.48 bits per heavy atom. The third kappa shape index (κ3) is 12.7. The molecular formula is C33H57N3O4. The molecule has 0 aromatic heterocycles. The van der Waals surface area contributed by atoms with Crippen molar-refractivity contribution in [2.24, 2.45) is 5.92 Å². The van der Waals surface area contributed by atoms with Crippen molar-refractivity contribution in [1.29, 1.82) is 0 Å². The zero-order chi connectivity index (χ0) is 30.3. The van der Waals surface area contributed by atoms with Crippen molar-refractivity contribution in [3.63, 3.8) is 0 Å². The number of hydrogen-bond acceptors (Lipinski definition) is 4. The number of unbranched alkanes of at least 4 members (excludes halogenated alkanes) is 7. The molecule has 1 aromatic rings. The number of ether oxygens (including phenoxy) is 1. The van der Waals surface area contributed by atoms with Crippen molar-refractivity contribution in [3.05, 3.63) is 34.9 Å². The van der Waals surface area contributed by atoms with E-state index in [1.165, 1.54) is 12.8 Å². The minimum atomic E-state index is -0.822. The van der Waals surface area contributed by atoms with E-state index in [0.29, 0.717) is 13.1 Å². The first-order chi connectivity index (χ1) is 18.8. The van der Waals surface area contributed by atoms with Crippen LogP contribution in [0.4, 0.5) is 4.79 Å². The molecule has 0 aliphatic heterocycles. The second-order valence-corrected chi connectivity index (χ2v) is 12.4. The van der Waals surface area contributed by atoms with E-state index in [2.05, 4.69) is 24.5 Å². The summed E-state index contributed by atoms with van der Waals surface area (Å²) in [6.07, 6.45) is 8.75. The lowest BCUT2D eigenvalue weighted by atomic mass is 9.96. The molecule has 0 spiro atoms. The first-order valence-corrected chi connectivity index (χ1v) is 15.5. The molecule has 0 bridgehead atoms. The Balaban J connectivity index is 3.42. The fourth-order valence-corrected chi connectivity index (χ4v) is 4.65. The van der Waals surface area contributed by atoms with Crippen molar-refractivity contribution in [2.75, 3.05) is 13.1 Å². The molecule has 0 aliphatic rings. The molecule has 0 fully saturated rings. The van der Waals surface area contributed by atoms with Crippen LogP contribution in [0.25, 0.3) is 0 Å². The largest absolute Gasteiger partial charge is 0.444 e. The van der Waals surface area contributed by atoms with Gasteiger partial charge >= 0.3 is 6.09 Å². The summed E-state index contributed by atoms with van der Waals surface area (Å²) in [6.45, 7) is 18.6. The average Bonchev–Trinajstić information content (AvgIpc) is 2.86. The Labute approximate surface area is 244 Å². The fraction of sp³-hybridized carbons (Fsp3) is 0.727. The van der Waals surface area contributed by atoms with Crippen LogP contribution in [-0.2, 0) is 14.3 Å². The van der Waals surface area contributed by atoms with Crippen molar-refractivity contribution in [2.45, 2.75) is 138 Å². The van der Waals surface area contributed by atoms with Gasteiger partial charge in [0.15, 0.2) is 0 Å². The highest BCUT2D eigenvalue weighted by Crippen LogP contribution is 2.27. The third-order valence-corrected chi connectivity index (χ3v) is 7.13. The summed E-state index contributed by atoms with van der Waals surface area (Å²) in [4.78, 5) is 42.5. The van der Waals surface area contributed by atoms with Crippen molar-refractivity contribution < 1.29 is 19.1 Å². The van der Waals surface area contributed by atoms with E-state index < -0.39 is 23.8 Å². The number of hydrogen-bond donors (Lipinski definition) is 2.